The molecule has 2 aromatic rings. The summed E-state index contributed by atoms with van der Waals surface area (Å²) < 4.78 is 11.1. The summed E-state index contributed by atoms with van der Waals surface area (Å²) in [6, 6.07) is 12.2. The minimum Gasteiger partial charge on any atom is -0.493 e. The van der Waals surface area contributed by atoms with E-state index in [1.54, 1.807) is 49.6 Å². The highest BCUT2D eigenvalue weighted by Gasteiger charge is 2.29. The zero-order valence-electron chi connectivity index (χ0n) is 17.2. The SMILES string of the molecule is COc1cc(C(=O)Nc2ccc(NC(=O)C3CC3)cc2)ccc1OCCC(C)C. The van der Waals surface area contributed by atoms with Crippen LogP contribution in [0.4, 0.5) is 11.4 Å². The Morgan fingerprint density at radius 1 is 1.00 bits per heavy atom. The Kier molecular flexibility index (Phi) is 6.75. The van der Waals surface area contributed by atoms with Crippen LogP contribution in [0, 0.1) is 11.8 Å². The molecule has 2 N–H and O–H groups in total. The molecule has 0 unspecified atom stereocenters. The Balaban J connectivity index is 1.60. The van der Waals surface area contributed by atoms with E-state index < -0.39 is 0 Å². The van der Waals surface area contributed by atoms with Gasteiger partial charge in [-0.2, -0.15) is 0 Å². The Morgan fingerprint density at radius 2 is 1.66 bits per heavy atom. The van der Waals surface area contributed by atoms with E-state index in [9.17, 15) is 9.59 Å². The second kappa shape index (κ2) is 9.45. The topological polar surface area (TPSA) is 76.7 Å². The number of hydrogen-bond donors (Lipinski definition) is 2. The second-order valence-electron chi connectivity index (χ2n) is 7.69. The lowest BCUT2D eigenvalue weighted by Crippen LogP contribution is -2.14. The Hall–Kier alpha value is -3.02. The van der Waals surface area contributed by atoms with Crippen molar-refractivity contribution >= 4 is 23.2 Å². The van der Waals surface area contributed by atoms with Crippen LogP contribution in [-0.2, 0) is 4.79 Å². The molecule has 1 aliphatic carbocycles. The number of hydrogen-bond acceptors (Lipinski definition) is 4. The summed E-state index contributed by atoms with van der Waals surface area (Å²) in [6.45, 7) is 4.88. The average Bonchev–Trinajstić information content (AvgIpc) is 3.54. The second-order valence-corrected chi connectivity index (χ2v) is 7.69. The van der Waals surface area contributed by atoms with Crippen LogP contribution in [0.1, 0.15) is 43.5 Å². The number of ether oxygens (including phenoxy) is 2. The molecule has 0 radical (unpaired) electrons. The third-order valence-electron chi connectivity index (χ3n) is 4.74. The van der Waals surface area contributed by atoms with Crippen LogP contribution >= 0.6 is 0 Å². The van der Waals surface area contributed by atoms with Crippen molar-refractivity contribution in [2.75, 3.05) is 24.4 Å². The number of carbonyl (C=O) groups excluding carboxylic acids is 2. The van der Waals surface area contributed by atoms with Gasteiger partial charge in [0.2, 0.25) is 5.91 Å². The first kappa shape index (κ1) is 20.7. The predicted molar refractivity (Wildman–Crippen MR) is 114 cm³/mol. The fraction of sp³-hybridized carbons (Fsp3) is 0.391. The molecule has 0 heterocycles. The van der Waals surface area contributed by atoms with E-state index in [1.165, 1.54) is 0 Å². The standard InChI is InChI=1S/C23H28N2O4/c1-15(2)12-13-29-20-11-6-17(14-21(20)28-3)23(27)25-19-9-7-18(8-10-19)24-22(26)16-4-5-16/h6-11,14-16H,4-5,12-13H2,1-3H3,(H,24,26)(H,25,27). The van der Waals surface area contributed by atoms with Crippen molar-refractivity contribution in [3.8, 4) is 11.5 Å². The van der Waals surface area contributed by atoms with Crippen LogP contribution < -0.4 is 20.1 Å². The van der Waals surface area contributed by atoms with Gasteiger partial charge in [0.15, 0.2) is 11.5 Å². The fourth-order valence-electron chi connectivity index (χ4n) is 2.76. The molecule has 6 heteroatoms. The van der Waals surface area contributed by atoms with Crippen molar-refractivity contribution in [2.24, 2.45) is 11.8 Å². The number of nitrogens with one attached hydrogen (secondary N) is 2. The van der Waals surface area contributed by atoms with Crippen LogP contribution in [-0.4, -0.2) is 25.5 Å². The first-order valence-corrected chi connectivity index (χ1v) is 9.99. The molecule has 154 valence electrons. The van der Waals surface area contributed by atoms with E-state index in [1.807, 2.05) is 0 Å². The Morgan fingerprint density at radius 3 is 2.24 bits per heavy atom. The van der Waals surface area contributed by atoms with Crippen LogP contribution in [0.2, 0.25) is 0 Å². The molecule has 2 amide bonds. The van der Waals surface area contributed by atoms with Gasteiger partial charge in [-0.05, 0) is 67.6 Å². The predicted octanol–water partition coefficient (Wildman–Crippen LogP) is 4.72. The summed E-state index contributed by atoms with van der Waals surface area (Å²) >= 11 is 0. The van der Waals surface area contributed by atoms with Gasteiger partial charge < -0.3 is 20.1 Å². The van der Waals surface area contributed by atoms with Gasteiger partial charge in [-0.15, -0.1) is 0 Å². The van der Waals surface area contributed by atoms with E-state index in [4.69, 9.17) is 9.47 Å². The van der Waals surface area contributed by atoms with Crippen LogP contribution in [0.5, 0.6) is 11.5 Å². The van der Waals surface area contributed by atoms with Gasteiger partial charge >= 0.3 is 0 Å². The van der Waals surface area contributed by atoms with E-state index in [0.29, 0.717) is 35.3 Å². The lowest BCUT2D eigenvalue weighted by molar-refractivity contribution is -0.117. The third-order valence-corrected chi connectivity index (χ3v) is 4.74. The molecule has 0 atom stereocenters. The molecule has 1 saturated carbocycles. The molecule has 0 aliphatic heterocycles. The van der Waals surface area contributed by atoms with E-state index >= 15 is 0 Å². The van der Waals surface area contributed by atoms with Crippen molar-refractivity contribution < 1.29 is 19.1 Å². The monoisotopic (exact) mass is 396 g/mol. The highest BCUT2D eigenvalue weighted by atomic mass is 16.5. The number of amides is 2. The summed E-state index contributed by atoms with van der Waals surface area (Å²) in [5.41, 5.74) is 1.85. The van der Waals surface area contributed by atoms with Crippen molar-refractivity contribution in [1.29, 1.82) is 0 Å². The lowest BCUT2D eigenvalue weighted by Gasteiger charge is -2.13. The molecular weight excluding hydrogens is 368 g/mol. The molecular formula is C23H28N2O4. The molecule has 0 bridgehead atoms. The summed E-state index contributed by atoms with van der Waals surface area (Å²) in [7, 11) is 1.56. The normalized spacial score (nSPS) is 13.1. The number of methoxy groups -OCH3 is 1. The number of anilines is 2. The maximum atomic E-state index is 12.6. The minimum absolute atomic E-state index is 0.0598. The molecule has 0 saturated heterocycles. The molecule has 29 heavy (non-hydrogen) atoms. The van der Waals surface area contributed by atoms with Gasteiger partial charge in [0.05, 0.1) is 13.7 Å². The number of rotatable bonds is 9. The van der Waals surface area contributed by atoms with E-state index in [-0.39, 0.29) is 17.7 Å². The molecule has 1 fully saturated rings. The van der Waals surface area contributed by atoms with Crippen LogP contribution in [0.3, 0.4) is 0 Å². The van der Waals surface area contributed by atoms with Gasteiger partial charge in [-0.25, -0.2) is 0 Å². The van der Waals surface area contributed by atoms with E-state index in [2.05, 4.69) is 24.5 Å². The Labute approximate surface area is 171 Å². The van der Waals surface area contributed by atoms with Gasteiger partial charge in [0, 0.05) is 22.9 Å². The summed E-state index contributed by atoms with van der Waals surface area (Å²) in [4.78, 5) is 24.4. The number of benzene rings is 2. The molecule has 0 spiro atoms. The summed E-state index contributed by atoms with van der Waals surface area (Å²) in [5.74, 6) is 1.68. The average molecular weight is 396 g/mol. The maximum absolute atomic E-state index is 12.6. The van der Waals surface area contributed by atoms with Crippen molar-refractivity contribution in [2.45, 2.75) is 33.1 Å². The Bertz CT molecular complexity index is 858. The van der Waals surface area contributed by atoms with Crippen molar-refractivity contribution in [1.82, 2.24) is 0 Å². The quantitative estimate of drug-likeness (QED) is 0.643. The van der Waals surface area contributed by atoms with Crippen molar-refractivity contribution in [3.05, 3.63) is 48.0 Å². The highest BCUT2D eigenvalue weighted by Crippen LogP contribution is 2.31. The summed E-state index contributed by atoms with van der Waals surface area (Å²) in [5, 5.41) is 5.73. The first-order valence-electron chi connectivity index (χ1n) is 9.99. The minimum atomic E-state index is -0.244. The molecule has 1 aliphatic rings. The van der Waals surface area contributed by atoms with Gasteiger partial charge in [-0.1, -0.05) is 13.8 Å². The summed E-state index contributed by atoms with van der Waals surface area (Å²) in [6.07, 6.45) is 2.87. The fourth-order valence-corrected chi connectivity index (χ4v) is 2.76. The van der Waals surface area contributed by atoms with Gasteiger partial charge in [0.1, 0.15) is 0 Å². The zero-order chi connectivity index (χ0) is 20.8. The molecule has 2 aromatic carbocycles. The largest absolute Gasteiger partial charge is 0.493 e. The molecule has 6 nitrogen and oxygen atoms in total. The van der Waals surface area contributed by atoms with Crippen LogP contribution in [0.25, 0.3) is 0 Å². The van der Waals surface area contributed by atoms with Crippen LogP contribution in [0.15, 0.2) is 42.5 Å². The zero-order valence-corrected chi connectivity index (χ0v) is 17.2. The number of carbonyl (C=O) groups is 2. The van der Waals surface area contributed by atoms with Gasteiger partial charge in [0.25, 0.3) is 5.91 Å². The van der Waals surface area contributed by atoms with Gasteiger partial charge in [-0.3, -0.25) is 9.59 Å². The molecule has 3 rings (SSSR count). The highest BCUT2D eigenvalue weighted by molar-refractivity contribution is 6.04. The first-order chi connectivity index (χ1) is 14.0. The van der Waals surface area contributed by atoms with E-state index in [0.717, 1.165) is 24.9 Å². The maximum Gasteiger partial charge on any atom is 0.255 e. The third kappa shape index (κ3) is 5.98. The van der Waals surface area contributed by atoms with Crippen molar-refractivity contribution in [3.63, 3.8) is 0 Å². The lowest BCUT2D eigenvalue weighted by atomic mass is 10.1. The smallest absolute Gasteiger partial charge is 0.255 e. The molecule has 0 aromatic heterocycles.